The first-order valence-corrected chi connectivity index (χ1v) is 16.6. The van der Waals surface area contributed by atoms with Crippen LogP contribution in [0.4, 0.5) is 0 Å². The molecule has 0 saturated carbocycles. The quantitative estimate of drug-likeness (QED) is 0.0287. The first-order chi connectivity index (χ1) is 24.5. The van der Waals surface area contributed by atoms with Crippen molar-refractivity contribution >= 4 is 17.5 Å². The number of hydrogen-bond acceptors (Lipinski definition) is 20. The van der Waals surface area contributed by atoms with E-state index in [0.717, 1.165) is 0 Å². The predicted octanol–water partition coefficient (Wildman–Crippen LogP) is -5.54. The lowest BCUT2D eigenvalue weighted by Crippen LogP contribution is -2.49. The molecule has 0 bridgehead atoms. The summed E-state index contributed by atoms with van der Waals surface area (Å²) in [5.41, 5.74) is -2.59. The molecule has 0 saturated heterocycles. The minimum absolute atomic E-state index is 0.0938. The molecule has 21 heteroatoms. The number of Topliss-reactive ketones (excluding diaryl/α,β-unsaturated/α-hetero) is 2. The van der Waals surface area contributed by atoms with Gasteiger partial charge < -0.3 is 90.4 Å². The van der Waals surface area contributed by atoms with Gasteiger partial charge in [0, 0.05) is 34.0 Å². The van der Waals surface area contributed by atoms with Crippen molar-refractivity contribution in [1.82, 2.24) is 0 Å². The molecule has 0 aromatic carbocycles. The van der Waals surface area contributed by atoms with Gasteiger partial charge in [0.15, 0.2) is 11.6 Å². The molecule has 0 aliphatic heterocycles. The molecule has 0 amide bonds. The summed E-state index contributed by atoms with van der Waals surface area (Å²) >= 11 is 0. The van der Waals surface area contributed by atoms with Crippen LogP contribution in [-0.2, 0) is 33.3 Å². The highest BCUT2D eigenvalue weighted by atomic mass is 16.5. The number of aliphatic hydroxyl groups is 13. The highest BCUT2D eigenvalue weighted by Crippen LogP contribution is 2.20. The molecule has 0 aliphatic rings. The number of methoxy groups -OCH3 is 2. The average molecular weight is 787 g/mol. The van der Waals surface area contributed by atoms with Crippen molar-refractivity contribution in [2.24, 2.45) is 0 Å². The monoisotopic (exact) mass is 786 g/mol. The van der Waals surface area contributed by atoms with E-state index in [0.29, 0.717) is 26.1 Å². The second-order valence-corrected chi connectivity index (χ2v) is 12.3. The molecule has 0 aliphatic carbocycles. The Balaban J connectivity index is -0.000000421. The molecular formula is C32H66O21. The second-order valence-electron chi connectivity index (χ2n) is 12.3. The highest BCUT2D eigenvalue weighted by molar-refractivity contribution is 6.05. The van der Waals surface area contributed by atoms with Crippen molar-refractivity contribution in [1.29, 1.82) is 0 Å². The Bertz CT molecular complexity index is 889. The van der Waals surface area contributed by atoms with E-state index in [2.05, 4.69) is 4.74 Å². The van der Waals surface area contributed by atoms with Crippen molar-refractivity contribution in [2.75, 3.05) is 73.7 Å². The first-order valence-electron chi connectivity index (χ1n) is 16.6. The number of ketones is 2. The van der Waals surface area contributed by atoms with Crippen LogP contribution in [0.3, 0.4) is 0 Å². The normalized spacial score (nSPS) is 16.1. The Kier molecular flexibility index (Phi) is 36.5. The van der Waals surface area contributed by atoms with Crippen LogP contribution in [0.25, 0.3) is 0 Å². The lowest BCUT2D eigenvalue weighted by atomic mass is 9.92. The number of hydrogen-bond donors (Lipinski definition) is 14. The van der Waals surface area contributed by atoms with Gasteiger partial charge in [0.2, 0.25) is 0 Å². The summed E-state index contributed by atoms with van der Waals surface area (Å²) in [4.78, 5) is 34.4. The molecule has 0 heterocycles. The van der Waals surface area contributed by atoms with Crippen LogP contribution in [0.1, 0.15) is 53.4 Å². The molecule has 0 rings (SSSR count). The Hall–Kier alpha value is -1.87. The van der Waals surface area contributed by atoms with Crippen LogP contribution in [0.15, 0.2) is 0 Å². The van der Waals surface area contributed by atoms with E-state index in [1.54, 1.807) is 21.0 Å². The van der Waals surface area contributed by atoms with Crippen LogP contribution in [-0.4, -0.2) is 223 Å². The molecule has 8 atom stereocenters. The average Bonchev–Trinajstić information content (AvgIpc) is 3.11. The van der Waals surface area contributed by atoms with Crippen molar-refractivity contribution < 1.29 is 105 Å². The van der Waals surface area contributed by atoms with Crippen LogP contribution >= 0.6 is 0 Å². The number of rotatable bonds is 26. The summed E-state index contributed by atoms with van der Waals surface area (Å²) in [5, 5.41) is 123. The Morgan fingerprint density at radius 1 is 0.528 bits per heavy atom. The fourth-order valence-corrected chi connectivity index (χ4v) is 3.22. The lowest BCUT2D eigenvalue weighted by molar-refractivity contribution is -0.161. The maximum absolute atomic E-state index is 12.5. The fraction of sp³-hybridized carbons (Fsp3) is 0.906. The topological polar surface area (TPSA) is 371 Å². The molecular weight excluding hydrogens is 720 g/mol. The zero-order valence-electron chi connectivity index (χ0n) is 31.4. The van der Waals surface area contributed by atoms with Gasteiger partial charge >= 0.3 is 5.97 Å². The van der Waals surface area contributed by atoms with Crippen molar-refractivity contribution in [3.63, 3.8) is 0 Å². The van der Waals surface area contributed by atoms with E-state index >= 15 is 0 Å². The maximum Gasteiger partial charge on any atom is 0.305 e. The van der Waals surface area contributed by atoms with E-state index in [9.17, 15) is 34.8 Å². The SMILES string of the molecule is COCCCOC(C)(C)C(=O)CC(=O)C(C)(C)OCC(O)C(O)C(O)C(O)COC.O=C(O)CCO.OCC(O)C(O)C(O)C(O)CO.OCCCO. The molecule has 8 unspecified atom stereocenters. The van der Waals surface area contributed by atoms with E-state index < -0.39 is 104 Å². The van der Waals surface area contributed by atoms with Gasteiger partial charge in [-0.3, -0.25) is 14.4 Å². The number of carboxylic acids is 1. The van der Waals surface area contributed by atoms with E-state index in [4.69, 9.17) is 65.3 Å². The highest BCUT2D eigenvalue weighted by Gasteiger charge is 2.38. The van der Waals surface area contributed by atoms with Crippen LogP contribution in [0, 0.1) is 0 Å². The maximum atomic E-state index is 12.5. The van der Waals surface area contributed by atoms with Gasteiger partial charge in [-0.2, -0.15) is 0 Å². The minimum atomic E-state index is -1.72. The van der Waals surface area contributed by atoms with Gasteiger partial charge in [0.05, 0.1) is 52.5 Å². The molecule has 0 fully saturated rings. The van der Waals surface area contributed by atoms with E-state index in [1.807, 2.05) is 0 Å². The zero-order chi connectivity index (χ0) is 42.4. The number of carbonyl (C=O) groups excluding carboxylic acids is 2. The Morgan fingerprint density at radius 3 is 1.23 bits per heavy atom. The van der Waals surface area contributed by atoms with Gasteiger partial charge in [-0.1, -0.05) is 0 Å². The van der Waals surface area contributed by atoms with Gasteiger partial charge in [-0.05, 0) is 40.5 Å². The molecule has 320 valence electrons. The van der Waals surface area contributed by atoms with Crippen molar-refractivity contribution in [3.05, 3.63) is 0 Å². The predicted molar refractivity (Wildman–Crippen MR) is 183 cm³/mol. The largest absolute Gasteiger partial charge is 0.481 e. The minimum Gasteiger partial charge on any atom is -0.481 e. The van der Waals surface area contributed by atoms with Gasteiger partial charge in [-0.15, -0.1) is 0 Å². The standard InChI is InChI=1S/C20H38O10.C6H14O6.C3H6O3.C3H8O2/c1-19(2,29-9-7-8-27-5)15(23)10-16(24)20(3,4)30-12-14(22)18(26)17(25)13(21)11-28-6;7-1-3(9)5(11)6(12)4(10)2-8;4-2-1-3(5)6;4-2-1-3-5/h13-14,17-18,21-22,25-26H,7-12H2,1-6H3;3-12H,1-2H2;4H,1-2H2,(H,5,6);4-5H,1-3H2. The van der Waals surface area contributed by atoms with E-state index in [-0.39, 0.29) is 32.8 Å². The van der Waals surface area contributed by atoms with E-state index in [1.165, 1.54) is 21.0 Å². The molecule has 21 nitrogen and oxygen atoms in total. The second kappa shape index (κ2) is 33.5. The van der Waals surface area contributed by atoms with Crippen LogP contribution in [0.5, 0.6) is 0 Å². The van der Waals surface area contributed by atoms with Crippen molar-refractivity contribution in [2.45, 2.75) is 113 Å². The summed E-state index contributed by atoms with van der Waals surface area (Å²) < 4.78 is 20.5. The number of aliphatic carboxylic acids is 1. The van der Waals surface area contributed by atoms with Crippen molar-refractivity contribution in [3.8, 4) is 0 Å². The number of aliphatic hydroxyl groups excluding tert-OH is 13. The smallest absolute Gasteiger partial charge is 0.305 e. The molecule has 0 aromatic rings. The summed E-state index contributed by atoms with van der Waals surface area (Å²) in [6.45, 7) is 4.57. The van der Waals surface area contributed by atoms with Gasteiger partial charge in [0.25, 0.3) is 0 Å². The number of carbonyl (C=O) groups is 3. The molecule has 0 radical (unpaired) electrons. The summed E-state index contributed by atoms with van der Waals surface area (Å²) in [5.74, 6) is -1.90. The Morgan fingerprint density at radius 2 is 0.925 bits per heavy atom. The van der Waals surface area contributed by atoms with Crippen LogP contribution < -0.4 is 0 Å². The third kappa shape index (κ3) is 29.1. The molecule has 53 heavy (non-hydrogen) atoms. The summed E-state index contributed by atoms with van der Waals surface area (Å²) in [6, 6.07) is 0. The summed E-state index contributed by atoms with van der Waals surface area (Å²) in [7, 11) is 2.87. The third-order valence-corrected chi connectivity index (χ3v) is 6.86. The Labute approximate surface area is 309 Å². The van der Waals surface area contributed by atoms with Gasteiger partial charge in [0.1, 0.15) is 60.0 Å². The molecule has 0 spiro atoms. The third-order valence-electron chi connectivity index (χ3n) is 6.86. The van der Waals surface area contributed by atoms with Gasteiger partial charge in [-0.25, -0.2) is 0 Å². The molecule has 14 N–H and O–H groups in total. The molecule has 0 aromatic heterocycles. The summed E-state index contributed by atoms with van der Waals surface area (Å²) in [6.07, 6.45) is -12.2. The zero-order valence-corrected chi connectivity index (χ0v) is 31.4. The number of carboxylic acid groups (broad SMARTS) is 1. The lowest BCUT2D eigenvalue weighted by Gasteiger charge is -2.30. The number of ether oxygens (including phenoxy) is 4. The first kappa shape index (κ1) is 57.8. The fourth-order valence-electron chi connectivity index (χ4n) is 3.22. The van der Waals surface area contributed by atoms with Crippen LogP contribution in [0.2, 0.25) is 0 Å².